The maximum atomic E-state index is 8.74. The first-order valence-corrected chi connectivity index (χ1v) is 4.97. The Hall–Kier alpha value is -1.71. The van der Waals surface area contributed by atoms with E-state index in [1.807, 2.05) is 12.1 Å². The fraction of sp³-hybridized carbons (Fsp3) is 0. The van der Waals surface area contributed by atoms with Crippen LogP contribution in [0.15, 0.2) is 36.9 Å². The van der Waals surface area contributed by atoms with Crippen LogP contribution in [0.2, 0.25) is 0 Å². The maximum Gasteiger partial charge on any atom is 0.394 e. The van der Waals surface area contributed by atoms with E-state index >= 15 is 0 Å². The van der Waals surface area contributed by atoms with Crippen molar-refractivity contribution < 1.29 is 17.5 Å². The molecule has 9 heteroatoms. The van der Waals surface area contributed by atoms with Crippen LogP contribution in [0.5, 0.6) is 0 Å². The van der Waals surface area contributed by atoms with Gasteiger partial charge in [0.15, 0.2) is 0 Å². The van der Waals surface area contributed by atoms with Gasteiger partial charge in [-0.15, -0.1) is 0 Å². The van der Waals surface area contributed by atoms with Gasteiger partial charge in [0.05, 0.1) is 0 Å². The van der Waals surface area contributed by atoms with Gasteiger partial charge in [0.1, 0.15) is 0 Å². The van der Waals surface area contributed by atoms with E-state index < -0.39 is 10.4 Å². The smallest absolute Gasteiger partial charge is 0.286 e. The second-order valence-corrected chi connectivity index (χ2v) is 2.88. The average molecular weight is 234 g/mol. The van der Waals surface area contributed by atoms with Gasteiger partial charge in [-0.3, -0.25) is 19.3 Å². The average Bonchev–Trinajstić information content (AvgIpc) is 2.81. The molecule has 4 N–H and O–H groups in total. The Bertz CT molecular complexity index is 328. The maximum absolute atomic E-state index is 8.74. The summed E-state index contributed by atoms with van der Waals surface area (Å²) in [7, 11) is -4.67. The molecule has 0 aromatic carbocycles. The lowest BCUT2D eigenvalue weighted by Gasteiger charge is -1.68. The minimum Gasteiger partial charge on any atom is -0.286 e. The van der Waals surface area contributed by atoms with Crippen molar-refractivity contribution in [1.82, 2.24) is 20.4 Å². The van der Waals surface area contributed by atoms with Gasteiger partial charge in [-0.05, 0) is 12.1 Å². The molecule has 2 heterocycles. The van der Waals surface area contributed by atoms with Crippen molar-refractivity contribution in [3.8, 4) is 0 Å². The monoisotopic (exact) mass is 234 g/mol. The minimum absolute atomic E-state index is 1.69. The topological polar surface area (TPSA) is 132 Å². The van der Waals surface area contributed by atoms with Crippen molar-refractivity contribution in [2.24, 2.45) is 0 Å². The zero-order chi connectivity index (χ0) is 11.6. The fourth-order valence-electron chi connectivity index (χ4n) is 0.430. The third-order valence-corrected chi connectivity index (χ3v) is 0.812. The van der Waals surface area contributed by atoms with E-state index in [-0.39, 0.29) is 0 Å². The van der Waals surface area contributed by atoms with E-state index in [4.69, 9.17) is 17.5 Å². The van der Waals surface area contributed by atoms with Gasteiger partial charge in [0.25, 0.3) is 0 Å². The molecule has 84 valence electrons. The van der Waals surface area contributed by atoms with Crippen LogP contribution in [0.1, 0.15) is 0 Å². The van der Waals surface area contributed by atoms with E-state index in [2.05, 4.69) is 20.4 Å². The molecule has 0 aliphatic carbocycles. The van der Waals surface area contributed by atoms with Crippen molar-refractivity contribution >= 4 is 10.4 Å². The molecular weight excluding hydrogens is 224 g/mol. The summed E-state index contributed by atoms with van der Waals surface area (Å²) in [5.74, 6) is 0. The minimum atomic E-state index is -4.67. The second-order valence-electron chi connectivity index (χ2n) is 1.98. The van der Waals surface area contributed by atoms with Gasteiger partial charge in [-0.2, -0.15) is 18.6 Å². The SMILES string of the molecule is O=S(=O)(O)O.c1cn[nH]c1.c1cn[nH]c1. The van der Waals surface area contributed by atoms with Crippen molar-refractivity contribution in [2.75, 3.05) is 0 Å². The molecule has 0 radical (unpaired) electrons. The number of rotatable bonds is 0. The Balaban J connectivity index is 0.000000196. The van der Waals surface area contributed by atoms with E-state index in [9.17, 15) is 0 Å². The number of nitrogens with zero attached hydrogens (tertiary/aromatic N) is 2. The van der Waals surface area contributed by atoms with E-state index in [1.165, 1.54) is 0 Å². The highest BCUT2D eigenvalue weighted by atomic mass is 32.3. The number of nitrogens with one attached hydrogen (secondary N) is 2. The molecule has 0 aliphatic heterocycles. The summed E-state index contributed by atoms with van der Waals surface area (Å²) in [5.41, 5.74) is 0. The number of aromatic nitrogens is 4. The summed E-state index contributed by atoms with van der Waals surface area (Å²) < 4.78 is 31.6. The van der Waals surface area contributed by atoms with Gasteiger partial charge in [0, 0.05) is 24.8 Å². The Morgan fingerprint density at radius 3 is 1.33 bits per heavy atom. The van der Waals surface area contributed by atoms with Crippen molar-refractivity contribution in [2.45, 2.75) is 0 Å². The van der Waals surface area contributed by atoms with E-state index in [0.717, 1.165) is 0 Å². The number of aromatic amines is 2. The molecule has 0 spiro atoms. The predicted molar refractivity (Wildman–Crippen MR) is 51.4 cm³/mol. The first kappa shape index (κ1) is 13.3. The quantitative estimate of drug-likeness (QED) is 0.480. The molecule has 2 rings (SSSR count). The predicted octanol–water partition coefficient (Wildman–Crippen LogP) is 0.167. The molecule has 0 amide bonds. The summed E-state index contributed by atoms with van der Waals surface area (Å²) >= 11 is 0. The number of hydrogen-bond acceptors (Lipinski definition) is 4. The van der Waals surface area contributed by atoms with Gasteiger partial charge in [-0.1, -0.05) is 0 Å². The van der Waals surface area contributed by atoms with Gasteiger partial charge in [-0.25, -0.2) is 0 Å². The molecule has 0 fully saturated rings. The molecule has 15 heavy (non-hydrogen) atoms. The Morgan fingerprint density at radius 1 is 0.933 bits per heavy atom. The van der Waals surface area contributed by atoms with E-state index in [0.29, 0.717) is 0 Å². The molecular formula is C6H10N4O4S. The second kappa shape index (κ2) is 7.67. The Labute approximate surface area is 85.9 Å². The summed E-state index contributed by atoms with van der Waals surface area (Å²) in [6, 6.07) is 3.67. The molecule has 0 atom stereocenters. The first-order valence-electron chi connectivity index (χ1n) is 3.57. The lowest BCUT2D eigenvalue weighted by atomic mass is 10.8. The van der Waals surface area contributed by atoms with Gasteiger partial charge < -0.3 is 0 Å². The fourth-order valence-corrected chi connectivity index (χ4v) is 0.430. The molecule has 0 unspecified atom stereocenters. The first-order chi connectivity index (χ1) is 7.00. The van der Waals surface area contributed by atoms with Crippen LogP contribution in [0.25, 0.3) is 0 Å². The molecule has 0 saturated carbocycles. The van der Waals surface area contributed by atoms with Crippen molar-refractivity contribution in [3.05, 3.63) is 36.9 Å². The molecule has 2 aromatic rings. The van der Waals surface area contributed by atoms with Gasteiger partial charge in [0.2, 0.25) is 0 Å². The van der Waals surface area contributed by atoms with Crippen LogP contribution in [0, 0.1) is 0 Å². The zero-order valence-corrected chi connectivity index (χ0v) is 8.29. The lowest BCUT2D eigenvalue weighted by molar-refractivity contribution is 0.381. The summed E-state index contributed by atoms with van der Waals surface area (Å²) in [5, 5.41) is 12.4. The number of H-pyrrole nitrogens is 2. The lowest BCUT2D eigenvalue weighted by Crippen LogP contribution is -1.89. The molecule has 0 aliphatic rings. The standard InChI is InChI=1S/2C3H4N2.H2O4S/c2*1-2-4-5-3-1;1-5(2,3)4/h2*1-3H,(H,4,5);(H2,1,2,3,4). The zero-order valence-electron chi connectivity index (χ0n) is 7.48. The van der Waals surface area contributed by atoms with Crippen LogP contribution in [-0.4, -0.2) is 37.9 Å². The highest BCUT2D eigenvalue weighted by molar-refractivity contribution is 7.79. The van der Waals surface area contributed by atoms with Crippen molar-refractivity contribution in [1.29, 1.82) is 0 Å². The third kappa shape index (κ3) is 18.9. The molecule has 0 bridgehead atoms. The van der Waals surface area contributed by atoms with Crippen molar-refractivity contribution in [3.63, 3.8) is 0 Å². The molecule has 0 saturated heterocycles. The van der Waals surface area contributed by atoms with Crippen LogP contribution < -0.4 is 0 Å². The molecule has 2 aromatic heterocycles. The third-order valence-electron chi connectivity index (χ3n) is 0.812. The summed E-state index contributed by atoms with van der Waals surface area (Å²) in [4.78, 5) is 0. The van der Waals surface area contributed by atoms with Gasteiger partial charge >= 0.3 is 10.4 Å². The van der Waals surface area contributed by atoms with Crippen LogP contribution in [0.3, 0.4) is 0 Å². The summed E-state index contributed by atoms with van der Waals surface area (Å²) in [6.07, 6.45) is 6.92. The summed E-state index contributed by atoms with van der Waals surface area (Å²) in [6.45, 7) is 0. The Morgan fingerprint density at radius 2 is 1.27 bits per heavy atom. The Kier molecular flexibility index (Phi) is 6.80. The molecule has 8 nitrogen and oxygen atoms in total. The normalized spacial score (nSPS) is 9.20. The highest BCUT2D eigenvalue weighted by Crippen LogP contribution is 1.65. The highest BCUT2D eigenvalue weighted by Gasteiger charge is 1.84. The van der Waals surface area contributed by atoms with E-state index in [1.54, 1.807) is 24.8 Å². The number of hydrogen-bond donors (Lipinski definition) is 4. The van der Waals surface area contributed by atoms with Crippen LogP contribution >= 0.6 is 0 Å². The van der Waals surface area contributed by atoms with Crippen LogP contribution in [-0.2, 0) is 10.4 Å². The largest absolute Gasteiger partial charge is 0.394 e. The van der Waals surface area contributed by atoms with Crippen LogP contribution in [0.4, 0.5) is 0 Å².